The Labute approximate surface area is 153 Å². The summed E-state index contributed by atoms with van der Waals surface area (Å²) in [4.78, 5) is 12.7. The number of aromatic nitrogens is 2. The van der Waals surface area contributed by atoms with Crippen LogP contribution in [0.1, 0.15) is 53.3 Å². The van der Waals surface area contributed by atoms with Crippen molar-refractivity contribution in [3.63, 3.8) is 0 Å². The Morgan fingerprint density at radius 1 is 1.00 bits per heavy atom. The molecule has 0 radical (unpaired) electrons. The van der Waals surface area contributed by atoms with Gasteiger partial charge in [0.25, 0.3) is 5.91 Å². The van der Waals surface area contributed by atoms with E-state index in [9.17, 15) is 4.79 Å². The Balaban J connectivity index is 1.49. The van der Waals surface area contributed by atoms with Gasteiger partial charge < -0.3 is 5.32 Å². The molecule has 4 heteroatoms. The number of nitrogens with zero attached hydrogens (tertiary/aromatic N) is 2. The number of benzene rings is 2. The maximum Gasteiger partial charge on any atom is 0.276 e. The second-order valence-electron chi connectivity index (χ2n) is 6.89. The number of hydrogen-bond donors (Lipinski definition) is 1. The molecule has 26 heavy (non-hydrogen) atoms. The molecule has 1 amide bonds. The summed E-state index contributed by atoms with van der Waals surface area (Å²) in [5, 5.41) is 7.54. The average molecular weight is 345 g/mol. The Morgan fingerprint density at radius 3 is 2.54 bits per heavy atom. The van der Waals surface area contributed by atoms with Gasteiger partial charge in [-0.2, -0.15) is 5.10 Å². The van der Waals surface area contributed by atoms with Gasteiger partial charge in [0.1, 0.15) is 0 Å². The lowest BCUT2D eigenvalue weighted by atomic mass is 10.0. The number of rotatable bonds is 5. The first-order valence-corrected chi connectivity index (χ1v) is 9.28. The number of nitrogens with one attached hydrogen (secondary N) is 1. The fraction of sp³-hybridized carbons (Fsp3) is 0.273. The van der Waals surface area contributed by atoms with Crippen molar-refractivity contribution in [2.45, 2.75) is 38.1 Å². The zero-order valence-corrected chi connectivity index (χ0v) is 14.8. The molecule has 3 aromatic rings. The van der Waals surface area contributed by atoms with Crippen molar-refractivity contribution in [3.05, 3.63) is 83.7 Å². The van der Waals surface area contributed by atoms with E-state index in [1.807, 2.05) is 53.3 Å². The summed E-state index contributed by atoms with van der Waals surface area (Å²) in [7, 11) is 0. The topological polar surface area (TPSA) is 46.9 Å². The minimum atomic E-state index is -0.151. The number of hydrogen-bond acceptors (Lipinski definition) is 2. The standard InChI is InChI=1S/C22H23N3O/c26-22(21-14-15-25(24-21)19-11-5-6-12-19)23-20-13-7-4-10-18(20)16-17-8-2-1-3-9-17/h1-4,7-10,13-15,19H,5-6,11-12,16H2,(H,23,26). The van der Waals surface area contributed by atoms with Crippen LogP contribution in [-0.4, -0.2) is 15.7 Å². The highest BCUT2D eigenvalue weighted by Crippen LogP contribution is 2.28. The molecule has 0 unspecified atom stereocenters. The summed E-state index contributed by atoms with van der Waals surface area (Å²) in [5.41, 5.74) is 3.64. The highest BCUT2D eigenvalue weighted by Gasteiger charge is 2.19. The molecule has 0 bridgehead atoms. The normalized spacial score (nSPS) is 14.5. The van der Waals surface area contributed by atoms with E-state index in [0.717, 1.165) is 30.5 Å². The van der Waals surface area contributed by atoms with E-state index in [0.29, 0.717) is 11.7 Å². The van der Waals surface area contributed by atoms with Gasteiger partial charge >= 0.3 is 0 Å². The number of amides is 1. The quantitative estimate of drug-likeness (QED) is 0.719. The smallest absolute Gasteiger partial charge is 0.276 e. The van der Waals surface area contributed by atoms with Gasteiger partial charge in [-0.15, -0.1) is 0 Å². The molecule has 0 saturated heterocycles. The summed E-state index contributed by atoms with van der Waals surface area (Å²) in [6.45, 7) is 0. The lowest BCUT2D eigenvalue weighted by Gasteiger charge is -2.11. The van der Waals surface area contributed by atoms with E-state index < -0.39 is 0 Å². The second kappa shape index (κ2) is 7.56. The summed E-state index contributed by atoms with van der Waals surface area (Å²) in [6.07, 6.45) is 7.53. The van der Waals surface area contributed by atoms with Crippen LogP contribution in [0.5, 0.6) is 0 Å². The fourth-order valence-corrected chi connectivity index (χ4v) is 3.63. The van der Waals surface area contributed by atoms with Crippen LogP contribution in [0.4, 0.5) is 5.69 Å². The molecule has 4 rings (SSSR count). The minimum Gasteiger partial charge on any atom is -0.320 e. The number of para-hydroxylation sites is 1. The van der Waals surface area contributed by atoms with Crippen molar-refractivity contribution >= 4 is 11.6 Å². The first kappa shape index (κ1) is 16.6. The molecule has 0 atom stereocenters. The van der Waals surface area contributed by atoms with E-state index in [4.69, 9.17) is 0 Å². The molecule has 1 aliphatic carbocycles. The van der Waals surface area contributed by atoms with Crippen molar-refractivity contribution in [2.75, 3.05) is 5.32 Å². The molecule has 2 aromatic carbocycles. The first-order valence-electron chi connectivity index (χ1n) is 9.28. The molecule has 0 aliphatic heterocycles. The monoisotopic (exact) mass is 345 g/mol. The molecule has 1 fully saturated rings. The minimum absolute atomic E-state index is 0.151. The van der Waals surface area contributed by atoms with Crippen LogP contribution in [0.15, 0.2) is 66.9 Å². The molecule has 1 saturated carbocycles. The second-order valence-corrected chi connectivity index (χ2v) is 6.89. The highest BCUT2D eigenvalue weighted by molar-refractivity contribution is 6.03. The van der Waals surface area contributed by atoms with Crippen LogP contribution in [0.2, 0.25) is 0 Å². The molecule has 1 N–H and O–H groups in total. The van der Waals surface area contributed by atoms with Crippen molar-refractivity contribution in [1.82, 2.24) is 9.78 Å². The van der Waals surface area contributed by atoms with Crippen molar-refractivity contribution in [1.29, 1.82) is 0 Å². The maximum absolute atomic E-state index is 12.7. The van der Waals surface area contributed by atoms with Crippen LogP contribution in [-0.2, 0) is 6.42 Å². The van der Waals surface area contributed by atoms with Gasteiger partial charge in [0.05, 0.1) is 6.04 Å². The van der Waals surface area contributed by atoms with E-state index in [-0.39, 0.29) is 5.91 Å². The van der Waals surface area contributed by atoms with Crippen molar-refractivity contribution < 1.29 is 4.79 Å². The summed E-state index contributed by atoms with van der Waals surface area (Å²) < 4.78 is 1.96. The third kappa shape index (κ3) is 3.69. The van der Waals surface area contributed by atoms with Gasteiger partial charge in [-0.3, -0.25) is 9.48 Å². The zero-order chi connectivity index (χ0) is 17.8. The van der Waals surface area contributed by atoms with Crippen LogP contribution in [0.25, 0.3) is 0 Å². The number of anilines is 1. The van der Waals surface area contributed by atoms with Crippen LogP contribution in [0, 0.1) is 0 Å². The van der Waals surface area contributed by atoms with Gasteiger partial charge in [0, 0.05) is 11.9 Å². The van der Waals surface area contributed by atoms with Crippen molar-refractivity contribution in [3.8, 4) is 0 Å². The molecule has 1 aromatic heterocycles. The SMILES string of the molecule is O=C(Nc1ccccc1Cc1ccccc1)c1ccn(C2CCCC2)n1. The van der Waals surface area contributed by atoms with Gasteiger partial charge in [-0.25, -0.2) is 0 Å². The van der Waals surface area contributed by atoms with Gasteiger partial charge in [-0.05, 0) is 42.5 Å². The predicted molar refractivity (Wildman–Crippen MR) is 103 cm³/mol. The van der Waals surface area contributed by atoms with Gasteiger partial charge in [0.2, 0.25) is 0 Å². The lowest BCUT2D eigenvalue weighted by Crippen LogP contribution is -2.15. The Hall–Kier alpha value is -2.88. The number of carbonyl (C=O) groups excluding carboxylic acids is 1. The van der Waals surface area contributed by atoms with Gasteiger partial charge in [-0.1, -0.05) is 61.4 Å². The molecule has 1 heterocycles. The zero-order valence-electron chi connectivity index (χ0n) is 14.8. The van der Waals surface area contributed by atoms with E-state index in [1.54, 1.807) is 0 Å². The third-order valence-corrected chi connectivity index (χ3v) is 5.04. The fourth-order valence-electron chi connectivity index (χ4n) is 3.63. The summed E-state index contributed by atoms with van der Waals surface area (Å²) in [6, 6.07) is 20.5. The lowest BCUT2D eigenvalue weighted by molar-refractivity contribution is 0.102. The van der Waals surface area contributed by atoms with E-state index in [2.05, 4.69) is 28.6 Å². The van der Waals surface area contributed by atoms with E-state index in [1.165, 1.54) is 18.4 Å². The largest absolute Gasteiger partial charge is 0.320 e. The molecular formula is C22H23N3O. The highest BCUT2D eigenvalue weighted by atomic mass is 16.1. The Morgan fingerprint density at radius 2 is 1.73 bits per heavy atom. The predicted octanol–water partition coefficient (Wildman–Crippen LogP) is 4.84. The van der Waals surface area contributed by atoms with Gasteiger partial charge in [0.15, 0.2) is 5.69 Å². The third-order valence-electron chi connectivity index (χ3n) is 5.04. The van der Waals surface area contributed by atoms with Crippen molar-refractivity contribution in [2.24, 2.45) is 0 Å². The summed E-state index contributed by atoms with van der Waals surface area (Å²) in [5.74, 6) is -0.151. The number of carbonyl (C=O) groups is 1. The maximum atomic E-state index is 12.7. The Bertz CT molecular complexity index is 879. The molecule has 0 spiro atoms. The molecule has 4 nitrogen and oxygen atoms in total. The van der Waals surface area contributed by atoms with Crippen LogP contribution < -0.4 is 5.32 Å². The first-order chi connectivity index (χ1) is 12.8. The van der Waals surface area contributed by atoms with Crippen LogP contribution >= 0.6 is 0 Å². The Kier molecular flexibility index (Phi) is 4.82. The molecule has 1 aliphatic rings. The summed E-state index contributed by atoms with van der Waals surface area (Å²) >= 11 is 0. The molecular weight excluding hydrogens is 322 g/mol. The van der Waals surface area contributed by atoms with E-state index >= 15 is 0 Å². The molecule has 132 valence electrons. The average Bonchev–Trinajstić information content (AvgIpc) is 3.36. The van der Waals surface area contributed by atoms with Crippen LogP contribution in [0.3, 0.4) is 0 Å².